The highest BCUT2D eigenvalue weighted by atomic mass is 32.1. The van der Waals surface area contributed by atoms with Crippen LogP contribution in [0.1, 0.15) is 35.2 Å². The first kappa shape index (κ1) is 12.1. The lowest BCUT2D eigenvalue weighted by Gasteiger charge is -2.15. The molecule has 0 radical (unpaired) electrons. The van der Waals surface area contributed by atoms with Crippen LogP contribution in [0.4, 0.5) is 5.13 Å². The molecule has 2 aromatic rings. The van der Waals surface area contributed by atoms with Gasteiger partial charge in [-0.3, -0.25) is 0 Å². The van der Waals surface area contributed by atoms with E-state index in [1.165, 1.54) is 4.88 Å². The highest BCUT2D eigenvalue weighted by Crippen LogP contribution is 2.36. The fourth-order valence-corrected chi connectivity index (χ4v) is 3.84. The number of aryl methyl sites for hydroxylation is 1. The van der Waals surface area contributed by atoms with Gasteiger partial charge in [0.15, 0.2) is 5.13 Å². The van der Waals surface area contributed by atoms with Gasteiger partial charge >= 0.3 is 0 Å². The fraction of sp³-hybridized carbons (Fsp3) is 0.500. The molecule has 1 aliphatic carbocycles. The van der Waals surface area contributed by atoms with E-state index in [1.807, 2.05) is 12.6 Å². The van der Waals surface area contributed by atoms with Gasteiger partial charge in [0.2, 0.25) is 0 Å². The van der Waals surface area contributed by atoms with Crippen molar-refractivity contribution in [2.75, 3.05) is 11.9 Å². The molecule has 0 saturated heterocycles. The first-order valence-corrected chi connectivity index (χ1v) is 7.76. The highest BCUT2D eigenvalue weighted by Gasteiger charge is 2.23. The zero-order chi connectivity index (χ0) is 12.5. The molecule has 2 heterocycles. The molecular formula is C12H15N3OS2. The number of thiazole rings is 2. The summed E-state index contributed by atoms with van der Waals surface area (Å²) in [6.45, 7) is 0.770. The van der Waals surface area contributed by atoms with Crippen LogP contribution >= 0.6 is 22.7 Å². The largest absolute Gasteiger partial charge is 0.387 e. The molecule has 0 saturated carbocycles. The van der Waals surface area contributed by atoms with E-state index in [2.05, 4.69) is 20.2 Å². The number of hydrogen-bond donors (Lipinski definition) is 1. The predicted octanol–water partition coefficient (Wildman–Crippen LogP) is 2.61. The lowest BCUT2D eigenvalue weighted by atomic mass is 10.0. The van der Waals surface area contributed by atoms with Crippen LogP contribution in [0.15, 0.2) is 10.9 Å². The second kappa shape index (κ2) is 4.95. The molecule has 6 heteroatoms. The van der Waals surface area contributed by atoms with Gasteiger partial charge in [-0.15, -0.1) is 22.7 Å². The average molecular weight is 281 g/mol. The van der Waals surface area contributed by atoms with Gasteiger partial charge in [-0.1, -0.05) is 0 Å². The maximum absolute atomic E-state index is 9.93. The van der Waals surface area contributed by atoms with E-state index in [9.17, 15) is 5.11 Å². The number of hydrogen-bond acceptors (Lipinski definition) is 6. The summed E-state index contributed by atoms with van der Waals surface area (Å²) < 4.78 is 0. The normalized spacial score (nSPS) is 18.7. The molecule has 0 fully saturated rings. The summed E-state index contributed by atoms with van der Waals surface area (Å²) in [5, 5.41) is 13.0. The van der Waals surface area contributed by atoms with E-state index in [1.54, 1.807) is 22.7 Å². The molecule has 0 spiro atoms. The first-order valence-electron chi connectivity index (χ1n) is 6.00. The van der Waals surface area contributed by atoms with Gasteiger partial charge in [-0.05, 0) is 19.3 Å². The quantitative estimate of drug-likeness (QED) is 0.939. The smallest absolute Gasteiger partial charge is 0.185 e. The first-order chi connectivity index (χ1) is 8.74. The van der Waals surface area contributed by atoms with Gasteiger partial charge in [-0.2, -0.15) is 0 Å². The third-order valence-electron chi connectivity index (χ3n) is 3.12. The summed E-state index contributed by atoms with van der Waals surface area (Å²) in [6, 6.07) is 0. The Morgan fingerprint density at radius 2 is 2.44 bits per heavy atom. The Morgan fingerprint density at radius 3 is 3.17 bits per heavy atom. The second-order valence-electron chi connectivity index (χ2n) is 4.55. The van der Waals surface area contributed by atoms with Crippen LogP contribution in [0.5, 0.6) is 0 Å². The Balaban J connectivity index is 1.80. The molecule has 0 amide bonds. The van der Waals surface area contributed by atoms with E-state index in [0.29, 0.717) is 0 Å². The van der Waals surface area contributed by atoms with Gasteiger partial charge in [0.1, 0.15) is 0 Å². The maximum Gasteiger partial charge on any atom is 0.185 e. The van der Waals surface area contributed by atoms with Gasteiger partial charge < -0.3 is 10.0 Å². The maximum atomic E-state index is 9.93. The van der Waals surface area contributed by atoms with E-state index in [-0.39, 0.29) is 6.10 Å². The van der Waals surface area contributed by atoms with Crippen molar-refractivity contribution in [2.24, 2.45) is 0 Å². The average Bonchev–Trinajstić information content (AvgIpc) is 2.97. The van der Waals surface area contributed by atoms with E-state index >= 15 is 0 Å². The summed E-state index contributed by atoms with van der Waals surface area (Å²) in [7, 11) is 2.02. The minimum absolute atomic E-state index is 0.369. The molecule has 96 valence electrons. The number of aliphatic hydroxyl groups is 1. The Bertz CT molecular complexity index is 523. The number of anilines is 1. The fourth-order valence-electron chi connectivity index (χ4n) is 2.17. The number of aliphatic hydroxyl groups excluding tert-OH is 1. The Labute approximate surface area is 114 Å². The molecule has 0 aliphatic heterocycles. The van der Waals surface area contributed by atoms with Crippen LogP contribution in [0.2, 0.25) is 0 Å². The number of aromatic nitrogens is 2. The Morgan fingerprint density at radius 1 is 1.56 bits per heavy atom. The summed E-state index contributed by atoms with van der Waals surface area (Å²) in [4.78, 5) is 12.2. The lowest BCUT2D eigenvalue weighted by molar-refractivity contribution is 0.153. The van der Waals surface area contributed by atoms with Gasteiger partial charge in [-0.25, -0.2) is 9.97 Å². The van der Waals surface area contributed by atoms with E-state index < -0.39 is 0 Å². The minimum atomic E-state index is -0.369. The molecule has 0 aromatic carbocycles. The molecule has 1 atom stereocenters. The van der Waals surface area contributed by atoms with Crippen molar-refractivity contribution < 1.29 is 5.11 Å². The summed E-state index contributed by atoms with van der Waals surface area (Å²) >= 11 is 3.31. The minimum Gasteiger partial charge on any atom is -0.387 e. The molecule has 1 N–H and O–H groups in total. The summed E-state index contributed by atoms with van der Waals surface area (Å²) in [5.41, 5.74) is 3.81. The summed E-state index contributed by atoms with van der Waals surface area (Å²) in [5.74, 6) is 0. The van der Waals surface area contributed by atoms with Gasteiger partial charge in [0.25, 0.3) is 0 Å². The zero-order valence-corrected chi connectivity index (χ0v) is 11.8. The molecule has 3 rings (SSSR count). The van der Waals surface area contributed by atoms with Crippen molar-refractivity contribution in [3.05, 3.63) is 27.2 Å². The van der Waals surface area contributed by atoms with Gasteiger partial charge in [0, 0.05) is 17.3 Å². The summed E-state index contributed by atoms with van der Waals surface area (Å²) in [6.07, 6.45) is 2.58. The van der Waals surface area contributed by atoms with Crippen molar-refractivity contribution in [1.82, 2.24) is 9.97 Å². The Kier molecular flexibility index (Phi) is 3.32. The third kappa shape index (κ3) is 2.28. The molecule has 1 aliphatic rings. The molecular weight excluding hydrogens is 266 g/mol. The van der Waals surface area contributed by atoms with Crippen molar-refractivity contribution in [1.29, 1.82) is 0 Å². The van der Waals surface area contributed by atoms with Crippen LogP contribution < -0.4 is 4.90 Å². The van der Waals surface area contributed by atoms with E-state index in [0.717, 1.165) is 42.3 Å². The standard InChI is InChI=1S/C12H15N3OS2/c1-15(5-8-6-17-7-13-8)12-14-11-9(16)3-2-4-10(11)18-12/h6-7,9,16H,2-5H2,1H3. The van der Waals surface area contributed by atoms with Gasteiger partial charge in [0.05, 0.1) is 29.5 Å². The monoisotopic (exact) mass is 281 g/mol. The molecule has 4 nitrogen and oxygen atoms in total. The van der Waals surface area contributed by atoms with Crippen LogP contribution in [0.3, 0.4) is 0 Å². The highest BCUT2D eigenvalue weighted by molar-refractivity contribution is 7.15. The zero-order valence-electron chi connectivity index (χ0n) is 10.2. The van der Waals surface area contributed by atoms with Crippen molar-refractivity contribution in [3.8, 4) is 0 Å². The lowest BCUT2D eigenvalue weighted by Crippen LogP contribution is -2.16. The van der Waals surface area contributed by atoms with E-state index in [4.69, 9.17) is 0 Å². The number of nitrogens with zero attached hydrogens (tertiary/aromatic N) is 3. The van der Waals surface area contributed by atoms with Crippen LogP contribution in [0, 0.1) is 0 Å². The van der Waals surface area contributed by atoms with Crippen molar-refractivity contribution in [2.45, 2.75) is 31.9 Å². The van der Waals surface area contributed by atoms with Crippen molar-refractivity contribution >= 4 is 27.8 Å². The SMILES string of the molecule is CN(Cc1cscn1)c1nc2c(s1)CCCC2O. The Hall–Kier alpha value is -0.980. The third-order valence-corrected chi connectivity index (χ3v) is 5.00. The van der Waals surface area contributed by atoms with Crippen molar-refractivity contribution in [3.63, 3.8) is 0 Å². The number of fused-ring (bicyclic) bond motifs is 1. The van der Waals surface area contributed by atoms with Crippen LogP contribution in [-0.4, -0.2) is 22.1 Å². The molecule has 18 heavy (non-hydrogen) atoms. The molecule has 2 aromatic heterocycles. The second-order valence-corrected chi connectivity index (χ2v) is 6.33. The van der Waals surface area contributed by atoms with Crippen LogP contribution in [0.25, 0.3) is 0 Å². The topological polar surface area (TPSA) is 49.2 Å². The number of rotatable bonds is 3. The molecule has 0 bridgehead atoms. The predicted molar refractivity (Wildman–Crippen MR) is 74.2 cm³/mol. The molecule has 1 unspecified atom stereocenters. The van der Waals surface area contributed by atoms with Crippen LogP contribution in [-0.2, 0) is 13.0 Å².